The fourth-order valence-electron chi connectivity index (χ4n) is 2.83. The molecular formula is C16H21N3O4S. The van der Waals surface area contributed by atoms with Crippen LogP contribution in [-0.2, 0) is 10.0 Å². The Kier molecular flexibility index (Phi) is 4.86. The number of hydrogen-bond acceptors (Lipinski definition) is 6. The van der Waals surface area contributed by atoms with Gasteiger partial charge in [-0.2, -0.15) is 0 Å². The van der Waals surface area contributed by atoms with E-state index in [1.165, 1.54) is 4.31 Å². The summed E-state index contributed by atoms with van der Waals surface area (Å²) in [7, 11) is -1.58. The SMILES string of the molecule is CCS(=O)(=O)N1CCC[C@H](c2nnc(-c3ccc(OC)cc3)o2)C1. The summed E-state index contributed by atoms with van der Waals surface area (Å²) in [4.78, 5) is 0. The van der Waals surface area contributed by atoms with Crippen molar-refractivity contribution in [1.29, 1.82) is 0 Å². The molecule has 1 saturated heterocycles. The monoisotopic (exact) mass is 351 g/mol. The van der Waals surface area contributed by atoms with E-state index in [9.17, 15) is 8.42 Å². The van der Waals surface area contributed by atoms with Gasteiger partial charge in [0.15, 0.2) is 0 Å². The highest BCUT2D eigenvalue weighted by molar-refractivity contribution is 7.89. The second-order valence-corrected chi connectivity index (χ2v) is 8.03. The van der Waals surface area contributed by atoms with Crippen LogP contribution in [0.1, 0.15) is 31.6 Å². The van der Waals surface area contributed by atoms with Crippen LogP contribution < -0.4 is 4.74 Å². The Morgan fingerprint density at radius 2 is 2.04 bits per heavy atom. The first-order chi connectivity index (χ1) is 11.5. The second-order valence-electron chi connectivity index (χ2n) is 5.77. The highest BCUT2D eigenvalue weighted by Crippen LogP contribution is 2.30. The number of piperidine rings is 1. The highest BCUT2D eigenvalue weighted by atomic mass is 32.2. The van der Waals surface area contributed by atoms with Gasteiger partial charge in [-0.25, -0.2) is 12.7 Å². The lowest BCUT2D eigenvalue weighted by Gasteiger charge is -2.29. The van der Waals surface area contributed by atoms with Crippen molar-refractivity contribution >= 4 is 10.0 Å². The van der Waals surface area contributed by atoms with Crippen LogP contribution in [0, 0.1) is 0 Å². The Morgan fingerprint density at radius 3 is 2.71 bits per heavy atom. The molecule has 24 heavy (non-hydrogen) atoms. The fraction of sp³-hybridized carbons (Fsp3) is 0.500. The second kappa shape index (κ2) is 6.90. The summed E-state index contributed by atoms with van der Waals surface area (Å²) < 4.78 is 36.6. The van der Waals surface area contributed by atoms with Gasteiger partial charge in [0.25, 0.3) is 0 Å². The summed E-state index contributed by atoms with van der Waals surface area (Å²) in [6, 6.07) is 7.36. The van der Waals surface area contributed by atoms with Gasteiger partial charge in [0.2, 0.25) is 21.8 Å². The minimum Gasteiger partial charge on any atom is -0.497 e. The third-order valence-corrected chi connectivity index (χ3v) is 6.12. The molecule has 1 fully saturated rings. The molecule has 2 heterocycles. The van der Waals surface area contributed by atoms with Gasteiger partial charge in [-0.3, -0.25) is 0 Å². The standard InChI is InChI=1S/C16H21N3O4S/c1-3-24(20,21)19-10-4-5-13(11-19)16-18-17-15(23-16)12-6-8-14(22-2)9-7-12/h6-9,13H,3-5,10-11H2,1-2H3/t13-/m0/s1. The molecule has 1 aliphatic rings. The molecule has 7 nitrogen and oxygen atoms in total. The molecule has 1 aromatic heterocycles. The Balaban J connectivity index is 1.77. The first-order valence-electron chi connectivity index (χ1n) is 7.99. The number of rotatable bonds is 5. The van der Waals surface area contributed by atoms with Crippen molar-refractivity contribution in [3.05, 3.63) is 30.2 Å². The first kappa shape index (κ1) is 16.9. The van der Waals surface area contributed by atoms with E-state index in [4.69, 9.17) is 9.15 Å². The summed E-state index contributed by atoms with van der Waals surface area (Å²) in [5.41, 5.74) is 0.809. The van der Waals surface area contributed by atoms with Crippen LogP contribution in [0.5, 0.6) is 5.75 Å². The predicted octanol–water partition coefficient (Wildman–Crippen LogP) is 2.27. The minimum atomic E-state index is -3.19. The maximum atomic E-state index is 12.1. The molecule has 3 rings (SSSR count). The molecule has 1 aromatic carbocycles. The summed E-state index contributed by atoms with van der Waals surface area (Å²) in [6.07, 6.45) is 1.64. The van der Waals surface area contributed by atoms with E-state index in [2.05, 4.69) is 10.2 Å². The normalized spacial score (nSPS) is 19.3. The van der Waals surface area contributed by atoms with Crippen LogP contribution in [-0.4, -0.2) is 48.9 Å². The lowest BCUT2D eigenvalue weighted by molar-refractivity contribution is 0.286. The molecular weight excluding hydrogens is 330 g/mol. The van der Waals surface area contributed by atoms with E-state index in [1.54, 1.807) is 14.0 Å². The van der Waals surface area contributed by atoms with Gasteiger partial charge in [0, 0.05) is 18.7 Å². The maximum absolute atomic E-state index is 12.1. The van der Waals surface area contributed by atoms with Crippen molar-refractivity contribution in [2.24, 2.45) is 0 Å². The molecule has 0 N–H and O–H groups in total. The quantitative estimate of drug-likeness (QED) is 0.821. The van der Waals surface area contributed by atoms with Crippen molar-refractivity contribution in [1.82, 2.24) is 14.5 Å². The van der Waals surface area contributed by atoms with Gasteiger partial charge < -0.3 is 9.15 Å². The van der Waals surface area contributed by atoms with Gasteiger partial charge >= 0.3 is 0 Å². The van der Waals surface area contributed by atoms with E-state index in [1.807, 2.05) is 24.3 Å². The van der Waals surface area contributed by atoms with E-state index in [-0.39, 0.29) is 11.7 Å². The smallest absolute Gasteiger partial charge is 0.247 e. The lowest BCUT2D eigenvalue weighted by Crippen LogP contribution is -2.39. The van der Waals surface area contributed by atoms with Crippen LogP contribution in [0.3, 0.4) is 0 Å². The number of ether oxygens (including phenoxy) is 1. The molecule has 0 aliphatic carbocycles. The third kappa shape index (κ3) is 3.44. The third-order valence-electron chi connectivity index (χ3n) is 4.27. The lowest BCUT2D eigenvalue weighted by atomic mass is 10.00. The van der Waals surface area contributed by atoms with Crippen LogP contribution in [0.4, 0.5) is 0 Å². The predicted molar refractivity (Wildman–Crippen MR) is 89.3 cm³/mol. The van der Waals surface area contributed by atoms with Crippen molar-refractivity contribution in [3.63, 3.8) is 0 Å². The Morgan fingerprint density at radius 1 is 1.29 bits per heavy atom. The highest BCUT2D eigenvalue weighted by Gasteiger charge is 2.31. The van der Waals surface area contributed by atoms with E-state index in [0.29, 0.717) is 24.9 Å². The average Bonchev–Trinajstić information content (AvgIpc) is 3.12. The minimum absolute atomic E-state index is 0.0560. The zero-order chi connectivity index (χ0) is 17.2. The zero-order valence-corrected chi connectivity index (χ0v) is 14.6. The van der Waals surface area contributed by atoms with Crippen molar-refractivity contribution in [2.75, 3.05) is 26.0 Å². The number of aromatic nitrogens is 2. The molecule has 1 aliphatic heterocycles. The van der Waals surface area contributed by atoms with Crippen LogP contribution in [0.15, 0.2) is 28.7 Å². The van der Waals surface area contributed by atoms with Crippen LogP contribution in [0.25, 0.3) is 11.5 Å². The van der Waals surface area contributed by atoms with Crippen LogP contribution >= 0.6 is 0 Å². The number of sulfonamides is 1. The summed E-state index contributed by atoms with van der Waals surface area (Å²) >= 11 is 0. The van der Waals surface area contributed by atoms with Gasteiger partial charge in [0.1, 0.15) is 5.75 Å². The van der Waals surface area contributed by atoms with Gasteiger partial charge in [0.05, 0.1) is 18.8 Å². The molecule has 0 radical (unpaired) electrons. The van der Waals surface area contributed by atoms with Crippen LogP contribution in [0.2, 0.25) is 0 Å². The average molecular weight is 351 g/mol. The summed E-state index contributed by atoms with van der Waals surface area (Å²) in [5, 5.41) is 8.23. The van der Waals surface area contributed by atoms with E-state index in [0.717, 1.165) is 24.2 Å². The molecule has 0 bridgehead atoms. The largest absolute Gasteiger partial charge is 0.497 e. The zero-order valence-electron chi connectivity index (χ0n) is 13.8. The van der Waals surface area contributed by atoms with Crippen molar-refractivity contribution in [2.45, 2.75) is 25.7 Å². The molecule has 1 atom stereocenters. The fourth-order valence-corrected chi connectivity index (χ4v) is 4.01. The van der Waals surface area contributed by atoms with Crippen molar-refractivity contribution < 1.29 is 17.6 Å². The maximum Gasteiger partial charge on any atom is 0.247 e. The first-order valence-corrected chi connectivity index (χ1v) is 9.60. The van der Waals surface area contributed by atoms with Gasteiger partial charge in [-0.05, 0) is 44.0 Å². The van der Waals surface area contributed by atoms with Gasteiger partial charge in [-0.1, -0.05) is 0 Å². The van der Waals surface area contributed by atoms with Gasteiger partial charge in [-0.15, -0.1) is 10.2 Å². The summed E-state index contributed by atoms with van der Waals surface area (Å²) in [6.45, 7) is 2.62. The molecule has 8 heteroatoms. The van der Waals surface area contributed by atoms with E-state index >= 15 is 0 Å². The topological polar surface area (TPSA) is 85.5 Å². The summed E-state index contributed by atoms with van der Waals surface area (Å²) in [5.74, 6) is 1.74. The molecule has 130 valence electrons. The number of methoxy groups -OCH3 is 1. The Labute approximate surface area is 141 Å². The number of hydrogen-bond donors (Lipinski definition) is 0. The molecule has 2 aromatic rings. The van der Waals surface area contributed by atoms with E-state index < -0.39 is 10.0 Å². The Bertz CT molecular complexity index is 786. The Hall–Kier alpha value is -1.93. The number of benzene rings is 1. The molecule has 0 saturated carbocycles. The molecule has 0 amide bonds. The molecule has 0 unspecified atom stereocenters. The molecule has 0 spiro atoms. The number of nitrogens with zero attached hydrogens (tertiary/aromatic N) is 3. The van der Waals surface area contributed by atoms with Crippen molar-refractivity contribution in [3.8, 4) is 17.2 Å².